The van der Waals surface area contributed by atoms with Crippen LogP contribution in [-0.2, 0) is 10.0 Å². The lowest BCUT2D eigenvalue weighted by Gasteiger charge is -2.34. The second-order valence-electron chi connectivity index (χ2n) is 6.95. The fourth-order valence-electron chi connectivity index (χ4n) is 2.87. The molecule has 5 nitrogen and oxygen atoms in total. The van der Waals surface area contributed by atoms with Crippen molar-refractivity contribution in [3.8, 4) is 5.75 Å². The minimum Gasteiger partial charge on any atom is -0.493 e. The lowest BCUT2D eigenvalue weighted by molar-refractivity contribution is -0.106. The Bertz CT molecular complexity index is 850. The molecule has 0 aliphatic carbocycles. The number of alkyl halides is 3. The van der Waals surface area contributed by atoms with Crippen LogP contribution in [0.2, 0.25) is 0 Å². The molecule has 0 bridgehead atoms. The summed E-state index contributed by atoms with van der Waals surface area (Å²) in [4.78, 5) is 0. The molecule has 2 N–H and O–H groups in total. The van der Waals surface area contributed by atoms with Crippen molar-refractivity contribution < 1.29 is 26.3 Å². The predicted octanol–water partition coefficient (Wildman–Crippen LogP) is 3.72. The molecule has 0 saturated carbocycles. The van der Waals surface area contributed by atoms with Crippen LogP contribution in [0, 0.1) is 5.92 Å². The van der Waals surface area contributed by atoms with Gasteiger partial charge in [-0.1, -0.05) is 32.4 Å². The molecule has 2 unspecified atom stereocenters. The van der Waals surface area contributed by atoms with Crippen molar-refractivity contribution in [2.24, 2.45) is 11.7 Å². The summed E-state index contributed by atoms with van der Waals surface area (Å²) < 4.78 is 69.6. The number of ether oxygens (including phenoxy) is 1. The number of hydrogen-bond acceptors (Lipinski definition) is 4. The molecule has 1 heterocycles. The highest BCUT2D eigenvalue weighted by Gasteiger charge is 2.50. The second-order valence-corrected chi connectivity index (χ2v) is 9.06. The molecular weight excluding hydrogens is 393 g/mol. The van der Waals surface area contributed by atoms with Gasteiger partial charge in [0, 0.05) is 24.3 Å². The molecule has 2 rings (SSSR count). The van der Waals surface area contributed by atoms with E-state index in [0.717, 1.165) is 6.42 Å². The summed E-state index contributed by atoms with van der Waals surface area (Å²) in [6.45, 7) is 4.32. The van der Waals surface area contributed by atoms with E-state index in [1.807, 2.05) is 13.8 Å². The molecule has 28 heavy (non-hydrogen) atoms. The SMILES string of the molecule is CCC(C)COc1cccc([N+]2(S(=O)(=O)CC(F)(F)F)C=C(CN)C=CC2)c1. The Hall–Kier alpha value is -1.84. The molecule has 9 heteroatoms. The van der Waals surface area contributed by atoms with Crippen LogP contribution in [0.15, 0.2) is 48.2 Å². The van der Waals surface area contributed by atoms with Gasteiger partial charge >= 0.3 is 16.2 Å². The summed E-state index contributed by atoms with van der Waals surface area (Å²) in [6, 6.07) is 6.22. The summed E-state index contributed by atoms with van der Waals surface area (Å²) in [5.41, 5.74) is 6.26. The number of quaternary nitrogens is 1. The molecule has 1 aliphatic heterocycles. The first-order valence-electron chi connectivity index (χ1n) is 9.02. The maximum absolute atomic E-state index is 13.0. The highest BCUT2D eigenvalue weighted by Crippen LogP contribution is 2.36. The molecule has 2 atom stereocenters. The molecule has 0 radical (unpaired) electrons. The van der Waals surface area contributed by atoms with E-state index in [9.17, 15) is 21.6 Å². The van der Waals surface area contributed by atoms with E-state index in [1.165, 1.54) is 24.4 Å². The monoisotopic (exact) mass is 419 g/mol. The van der Waals surface area contributed by atoms with Crippen molar-refractivity contribution >= 4 is 15.7 Å². The zero-order valence-electron chi connectivity index (χ0n) is 15.9. The number of sulfonamides is 1. The van der Waals surface area contributed by atoms with Gasteiger partial charge < -0.3 is 10.5 Å². The molecule has 0 aromatic heterocycles. The first kappa shape index (κ1) is 22.4. The van der Waals surface area contributed by atoms with Crippen LogP contribution in [0.3, 0.4) is 0 Å². The number of hydrogen-bond donors (Lipinski definition) is 1. The van der Waals surface area contributed by atoms with E-state index < -0.39 is 25.8 Å². The van der Waals surface area contributed by atoms with Gasteiger partial charge in [0.25, 0.3) is 0 Å². The average molecular weight is 419 g/mol. The van der Waals surface area contributed by atoms with Gasteiger partial charge in [0.2, 0.25) is 0 Å². The van der Waals surface area contributed by atoms with Crippen molar-refractivity contribution in [2.45, 2.75) is 26.4 Å². The van der Waals surface area contributed by atoms with Gasteiger partial charge in [0.1, 0.15) is 18.5 Å². The van der Waals surface area contributed by atoms with Gasteiger partial charge in [-0.15, -0.1) is 0 Å². The zero-order valence-corrected chi connectivity index (χ0v) is 16.8. The van der Waals surface area contributed by atoms with Gasteiger partial charge in [0.05, 0.1) is 6.61 Å². The predicted molar refractivity (Wildman–Crippen MR) is 104 cm³/mol. The quantitative estimate of drug-likeness (QED) is 0.652. The van der Waals surface area contributed by atoms with Gasteiger partial charge in [0.15, 0.2) is 11.4 Å². The van der Waals surface area contributed by atoms with Crippen molar-refractivity contribution in [1.29, 1.82) is 0 Å². The van der Waals surface area contributed by atoms with Crippen LogP contribution in [0.25, 0.3) is 0 Å². The minimum absolute atomic E-state index is 0.0161. The van der Waals surface area contributed by atoms with Crippen LogP contribution in [0.5, 0.6) is 5.75 Å². The lowest BCUT2D eigenvalue weighted by atomic mass is 10.1. The Morgan fingerprint density at radius 2 is 2.04 bits per heavy atom. The molecular formula is C19H26F3N2O3S+. The summed E-state index contributed by atoms with van der Waals surface area (Å²) >= 11 is 0. The summed E-state index contributed by atoms with van der Waals surface area (Å²) in [5.74, 6) is -1.22. The maximum atomic E-state index is 13.0. The lowest BCUT2D eigenvalue weighted by Crippen LogP contribution is -2.54. The number of rotatable bonds is 8. The number of nitrogens with zero attached hydrogens (tertiary/aromatic N) is 1. The molecule has 0 spiro atoms. The molecule has 0 amide bonds. The topological polar surface area (TPSA) is 69.4 Å². The smallest absolute Gasteiger partial charge is 0.408 e. The third-order valence-corrected chi connectivity index (χ3v) is 6.80. The maximum Gasteiger partial charge on any atom is 0.408 e. The molecule has 156 valence electrons. The first-order valence-corrected chi connectivity index (χ1v) is 10.6. The molecule has 1 aromatic carbocycles. The molecule has 1 aliphatic rings. The molecule has 1 aromatic rings. The van der Waals surface area contributed by atoms with Crippen LogP contribution >= 0.6 is 0 Å². The first-order chi connectivity index (χ1) is 13.0. The highest BCUT2D eigenvalue weighted by molar-refractivity contribution is 7.91. The Labute approximate surface area is 163 Å². The zero-order chi connectivity index (χ0) is 21.0. The number of halogens is 3. The van der Waals surface area contributed by atoms with Crippen LogP contribution in [0.1, 0.15) is 20.3 Å². The van der Waals surface area contributed by atoms with E-state index in [0.29, 0.717) is 23.8 Å². The van der Waals surface area contributed by atoms with Gasteiger partial charge in [-0.05, 0) is 18.1 Å². The Morgan fingerprint density at radius 3 is 2.64 bits per heavy atom. The normalized spacial score (nSPS) is 21.3. The minimum atomic E-state index is -4.85. The highest BCUT2D eigenvalue weighted by atomic mass is 32.2. The third kappa shape index (κ3) is 5.15. The van der Waals surface area contributed by atoms with Gasteiger partial charge in [-0.2, -0.15) is 25.5 Å². The average Bonchev–Trinajstić information content (AvgIpc) is 2.64. The largest absolute Gasteiger partial charge is 0.493 e. The van der Waals surface area contributed by atoms with Crippen molar-refractivity contribution in [1.82, 2.24) is 3.89 Å². The molecule has 0 saturated heterocycles. The van der Waals surface area contributed by atoms with Crippen molar-refractivity contribution in [3.63, 3.8) is 0 Å². The van der Waals surface area contributed by atoms with Crippen LogP contribution in [-0.4, -0.2) is 40.0 Å². The van der Waals surface area contributed by atoms with E-state index >= 15 is 0 Å². The standard InChI is InChI=1S/C19H26F3N2O3S/c1-3-15(2)13-27-18-8-4-7-17(10-18)24(9-5-6-16(11-23)12-24)28(25,26)14-19(20,21)22/h4-8,10,12,15H,3,9,11,13-14,23H2,1-2H3/q+1. The number of nitrogens with two attached hydrogens (primary N) is 1. The summed E-state index contributed by atoms with van der Waals surface area (Å²) in [7, 11) is -4.68. The number of benzene rings is 1. The summed E-state index contributed by atoms with van der Waals surface area (Å²) in [6.07, 6.45) is 0.500. The third-order valence-electron chi connectivity index (χ3n) is 4.65. The summed E-state index contributed by atoms with van der Waals surface area (Å²) in [5, 5.41) is 0. The Balaban J connectivity index is 2.53. The second kappa shape index (κ2) is 8.67. The van der Waals surface area contributed by atoms with E-state index in [1.54, 1.807) is 18.2 Å². The molecule has 0 fully saturated rings. The fourth-order valence-corrected chi connectivity index (χ4v) is 4.55. The van der Waals surface area contributed by atoms with Crippen LogP contribution < -0.4 is 14.4 Å². The Morgan fingerprint density at radius 1 is 1.32 bits per heavy atom. The van der Waals surface area contributed by atoms with Crippen LogP contribution in [0.4, 0.5) is 18.9 Å². The Kier molecular flexibility index (Phi) is 6.95. The fraction of sp³-hybridized carbons (Fsp3) is 0.474. The van der Waals surface area contributed by atoms with E-state index in [2.05, 4.69) is 0 Å². The van der Waals surface area contributed by atoms with E-state index in [-0.39, 0.29) is 18.8 Å². The van der Waals surface area contributed by atoms with Gasteiger partial charge in [-0.25, -0.2) is 0 Å². The van der Waals surface area contributed by atoms with Crippen molar-refractivity contribution in [2.75, 3.05) is 25.4 Å². The van der Waals surface area contributed by atoms with E-state index in [4.69, 9.17) is 10.5 Å². The van der Waals surface area contributed by atoms with Gasteiger partial charge in [-0.3, -0.25) is 0 Å². The van der Waals surface area contributed by atoms with Crippen molar-refractivity contribution in [3.05, 3.63) is 48.2 Å².